The average molecular weight is 341 g/mol. The molecule has 3 aliphatic heterocycles. The second-order valence-electron chi connectivity index (χ2n) is 8.21. The third-order valence-electron chi connectivity index (χ3n) is 6.20. The molecule has 6 nitrogen and oxygen atoms in total. The molecule has 6 heteroatoms. The minimum Gasteiger partial charge on any atom is -0.399 e. The van der Waals surface area contributed by atoms with Crippen molar-refractivity contribution in [1.29, 1.82) is 0 Å². The Balaban J connectivity index is 1.27. The standard InChI is InChI=1S/C19H23N3O3/c20-14-1-2-16-13(6-14)9-22(18(16)24)10-17(23)21-19-7-11-3-12(8-19)5-15(4-11)25-19/h1-2,6,11-12,15H,3-5,7-10,20H2,(H,21,23)/t11-,12+,15+,19+. The van der Waals surface area contributed by atoms with Crippen molar-refractivity contribution in [2.24, 2.45) is 11.8 Å². The molecule has 0 radical (unpaired) electrons. The molecular formula is C19H23N3O3. The number of carbonyl (C=O) groups excluding carboxylic acids is 2. The zero-order valence-corrected chi connectivity index (χ0v) is 14.2. The van der Waals surface area contributed by atoms with Gasteiger partial charge in [0.1, 0.15) is 12.3 Å². The van der Waals surface area contributed by atoms with Gasteiger partial charge in [0.2, 0.25) is 5.91 Å². The van der Waals surface area contributed by atoms with Crippen molar-refractivity contribution in [1.82, 2.24) is 10.2 Å². The molecular weight excluding hydrogens is 318 g/mol. The molecule has 3 N–H and O–H groups in total. The summed E-state index contributed by atoms with van der Waals surface area (Å²) in [4.78, 5) is 26.7. The van der Waals surface area contributed by atoms with Crippen molar-refractivity contribution in [2.75, 3.05) is 12.3 Å². The van der Waals surface area contributed by atoms with E-state index in [1.807, 2.05) is 6.07 Å². The van der Waals surface area contributed by atoms with Crippen LogP contribution in [0.1, 0.15) is 48.0 Å². The summed E-state index contributed by atoms with van der Waals surface area (Å²) in [5, 5.41) is 3.13. The first-order valence-corrected chi connectivity index (χ1v) is 9.16. The van der Waals surface area contributed by atoms with E-state index in [-0.39, 0.29) is 18.4 Å². The van der Waals surface area contributed by atoms with Crippen molar-refractivity contribution in [3.63, 3.8) is 0 Å². The number of anilines is 1. The number of nitrogens with one attached hydrogen (secondary N) is 1. The van der Waals surface area contributed by atoms with Crippen LogP contribution in [-0.4, -0.2) is 35.1 Å². The monoisotopic (exact) mass is 341 g/mol. The average Bonchev–Trinajstić information content (AvgIpc) is 2.80. The van der Waals surface area contributed by atoms with Crippen LogP contribution >= 0.6 is 0 Å². The van der Waals surface area contributed by atoms with Gasteiger partial charge in [-0.2, -0.15) is 0 Å². The zero-order valence-electron chi connectivity index (χ0n) is 14.2. The van der Waals surface area contributed by atoms with Crippen LogP contribution in [0.3, 0.4) is 0 Å². The smallest absolute Gasteiger partial charge is 0.254 e. The van der Waals surface area contributed by atoms with Gasteiger partial charge in [-0.25, -0.2) is 0 Å². The summed E-state index contributed by atoms with van der Waals surface area (Å²) in [6.07, 6.45) is 5.67. The molecule has 0 unspecified atom stereocenters. The highest BCUT2D eigenvalue weighted by molar-refractivity contribution is 6.00. The summed E-state index contributed by atoms with van der Waals surface area (Å²) in [7, 11) is 0. The third-order valence-corrected chi connectivity index (χ3v) is 6.20. The van der Waals surface area contributed by atoms with E-state index in [2.05, 4.69) is 5.32 Å². The molecule has 2 amide bonds. The SMILES string of the molecule is Nc1ccc2c(c1)CN(CC(=O)N[C@@]13C[C@@H]4C[C@@H](C[C@H](C4)O1)C3)C2=O. The van der Waals surface area contributed by atoms with Crippen LogP contribution < -0.4 is 11.1 Å². The Hall–Kier alpha value is -2.08. The summed E-state index contributed by atoms with van der Waals surface area (Å²) in [6, 6.07) is 5.28. The van der Waals surface area contributed by atoms with E-state index in [0.717, 1.165) is 31.2 Å². The first-order valence-electron chi connectivity index (χ1n) is 9.16. The topological polar surface area (TPSA) is 84.7 Å². The predicted molar refractivity (Wildman–Crippen MR) is 91.4 cm³/mol. The number of nitrogens with zero attached hydrogens (tertiary/aromatic N) is 1. The van der Waals surface area contributed by atoms with E-state index in [0.29, 0.717) is 35.7 Å². The number of fused-ring (bicyclic) bond motifs is 1. The van der Waals surface area contributed by atoms with Crippen molar-refractivity contribution in [2.45, 2.75) is 50.5 Å². The molecule has 2 saturated heterocycles. The summed E-state index contributed by atoms with van der Waals surface area (Å²) in [5.74, 6) is 1.12. The minimum atomic E-state index is -0.494. The molecule has 0 aromatic heterocycles. The molecule has 4 atom stereocenters. The molecule has 2 aliphatic carbocycles. The van der Waals surface area contributed by atoms with Crippen molar-refractivity contribution < 1.29 is 14.3 Å². The lowest BCUT2D eigenvalue weighted by Gasteiger charge is -2.56. The van der Waals surface area contributed by atoms with Crippen molar-refractivity contribution >= 4 is 17.5 Å². The lowest BCUT2D eigenvalue weighted by Crippen LogP contribution is -2.63. The maximum absolute atomic E-state index is 12.6. The Morgan fingerprint density at radius 2 is 2.04 bits per heavy atom. The number of nitrogens with two attached hydrogens (primary N) is 1. The van der Waals surface area contributed by atoms with E-state index in [1.165, 1.54) is 6.42 Å². The summed E-state index contributed by atoms with van der Waals surface area (Å²) in [5.41, 5.74) is 7.48. The Bertz CT molecular complexity index is 725. The van der Waals surface area contributed by atoms with Gasteiger partial charge in [0.15, 0.2) is 0 Å². The van der Waals surface area contributed by atoms with Crippen molar-refractivity contribution in [3.8, 4) is 0 Å². The molecule has 4 fully saturated rings. The van der Waals surface area contributed by atoms with E-state index in [1.54, 1.807) is 17.0 Å². The zero-order chi connectivity index (χ0) is 17.2. The number of nitrogen functional groups attached to an aromatic ring is 1. The molecule has 132 valence electrons. The first kappa shape index (κ1) is 15.2. The molecule has 3 heterocycles. The van der Waals surface area contributed by atoms with Gasteiger partial charge in [-0.05, 0) is 67.7 Å². The third kappa shape index (κ3) is 2.51. The molecule has 0 spiro atoms. The van der Waals surface area contributed by atoms with Crippen LogP contribution in [0, 0.1) is 11.8 Å². The molecule has 1 aromatic carbocycles. The Kier molecular flexibility index (Phi) is 3.17. The Morgan fingerprint density at radius 3 is 2.76 bits per heavy atom. The summed E-state index contributed by atoms with van der Waals surface area (Å²) >= 11 is 0. The fourth-order valence-corrected chi connectivity index (χ4v) is 5.49. The van der Waals surface area contributed by atoms with Gasteiger partial charge in [-0.3, -0.25) is 9.59 Å². The number of hydrogen-bond donors (Lipinski definition) is 2. The van der Waals surface area contributed by atoms with E-state index >= 15 is 0 Å². The van der Waals surface area contributed by atoms with Crippen LogP contribution in [-0.2, 0) is 16.1 Å². The van der Waals surface area contributed by atoms with Gasteiger partial charge >= 0.3 is 0 Å². The fourth-order valence-electron chi connectivity index (χ4n) is 5.49. The Morgan fingerprint density at radius 1 is 1.28 bits per heavy atom. The number of ether oxygens (including phenoxy) is 1. The second-order valence-corrected chi connectivity index (χ2v) is 8.21. The number of amides is 2. The normalized spacial score (nSPS) is 35.1. The fraction of sp³-hybridized carbons (Fsp3) is 0.579. The lowest BCUT2D eigenvalue weighted by atomic mass is 9.65. The predicted octanol–water partition coefficient (Wildman–Crippen LogP) is 1.65. The van der Waals surface area contributed by atoms with Gasteiger partial charge in [-0.15, -0.1) is 0 Å². The molecule has 6 rings (SSSR count). The van der Waals surface area contributed by atoms with Gasteiger partial charge in [-0.1, -0.05) is 0 Å². The molecule has 25 heavy (non-hydrogen) atoms. The molecule has 5 aliphatic rings. The van der Waals surface area contributed by atoms with Crippen LogP contribution in [0.25, 0.3) is 0 Å². The van der Waals surface area contributed by atoms with E-state index in [9.17, 15) is 9.59 Å². The van der Waals surface area contributed by atoms with E-state index in [4.69, 9.17) is 10.5 Å². The first-order chi connectivity index (χ1) is 12.0. The second kappa shape index (κ2) is 5.21. The van der Waals surface area contributed by atoms with Gasteiger partial charge in [0, 0.05) is 17.8 Å². The maximum Gasteiger partial charge on any atom is 0.254 e. The number of rotatable bonds is 3. The summed E-state index contributed by atoms with van der Waals surface area (Å²) in [6.45, 7) is 0.507. The molecule has 2 saturated carbocycles. The highest BCUT2D eigenvalue weighted by atomic mass is 16.5. The molecule has 1 aromatic rings. The largest absolute Gasteiger partial charge is 0.399 e. The van der Waals surface area contributed by atoms with Gasteiger partial charge < -0.3 is 20.7 Å². The highest BCUT2D eigenvalue weighted by Gasteiger charge is 2.52. The molecule has 4 bridgehead atoms. The highest BCUT2D eigenvalue weighted by Crippen LogP contribution is 2.51. The maximum atomic E-state index is 12.6. The van der Waals surface area contributed by atoms with Crippen LogP contribution in [0.15, 0.2) is 18.2 Å². The van der Waals surface area contributed by atoms with Crippen molar-refractivity contribution in [3.05, 3.63) is 29.3 Å². The number of benzene rings is 1. The van der Waals surface area contributed by atoms with Gasteiger partial charge in [0.25, 0.3) is 5.91 Å². The Labute approximate surface area is 146 Å². The van der Waals surface area contributed by atoms with Crippen LogP contribution in [0.2, 0.25) is 0 Å². The van der Waals surface area contributed by atoms with E-state index < -0.39 is 5.72 Å². The van der Waals surface area contributed by atoms with Crippen LogP contribution in [0.5, 0.6) is 0 Å². The number of hydrogen-bond acceptors (Lipinski definition) is 4. The quantitative estimate of drug-likeness (QED) is 0.819. The minimum absolute atomic E-state index is 0.0680. The summed E-state index contributed by atoms with van der Waals surface area (Å²) < 4.78 is 6.20. The lowest BCUT2D eigenvalue weighted by molar-refractivity contribution is -0.233. The van der Waals surface area contributed by atoms with Crippen LogP contribution in [0.4, 0.5) is 5.69 Å². The number of carbonyl (C=O) groups is 2. The van der Waals surface area contributed by atoms with Gasteiger partial charge in [0.05, 0.1) is 6.10 Å².